The average Bonchev–Trinajstić information content (AvgIpc) is 2.55. The molecular weight excluding hydrogens is 284 g/mol. The van der Waals surface area contributed by atoms with Gasteiger partial charge in [-0.3, -0.25) is 4.98 Å². The largest absolute Gasteiger partial charge is 0.465 e. The van der Waals surface area contributed by atoms with Gasteiger partial charge in [0.15, 0.2) is 0 Å². The van der Waals surface area contributed by atoms with Crippen molar-refractivity contribution >= 4 is 17.7 Å². The van der Waals surface area contributed by atoms with Crippen LogP contribution < -0.4 is 5.32 Å². The zero-order chi connectivity index (χ0) is 14.9. The van der Waals surface area contributed by atoms with E-state index in [4.69, 9.17) is 0 Å². The molecule has 0 saturated carbocycles. The lowest BCUT2D eigenvalue weighted by Crippen LogP contribution is -2.17. The predicted octanol–water partition coefficient (Wildman–Crippen LogP) is 2.75. The minimum Gasteiger partial charge on any atom is -0.465 e. The van der Waals surface area contributed by atoms with Crippen LogP contribution >= 0.6 is 11.8 Å². The highest BCUT2D eigenvalue weighted by Gasteiger charge is 2.04. The van der Waals surface area contributed by atoms with E-state index in [-0.39, 0.29) is 5.97 Å². The van der Waals surface area contributed by atoms with Crippen LogP contribution in [-0.4, -0.2) is 30.4 Å². The van der Waals surface area contributed by atoms with Gasteiger partial charge in [-0.05, 0) is 24.3 Å². The zero-order valence-corrected chi connectivity index (χ0v) is 12.7. The molecule has 1 aromatic carbocycles. The molecule has 0 unspecified atom stereocenters. The van der Waals surface area contributed by atoms with Crippen LogP contribution in [0.4, 0.5) is 0 Å². The van der Waals surface area contributed by atoms with Gasteiger partial charge >= 0.3 is 5.97 Å². The van der Waals surface area contributed by atoms with E-state index < -0.39 is 0 Å². The Labute approximate surface area is 128 Å². The summed E-state index contributed by atoms with van der Waals surface area (Å²) in [6.07, 6.45) is 1.54. The molecule has 0 bridgehead atoms. The van der Waals surface area contributed by atoms with Crippen molar-refractivity contribution in [3.63, 3.8) is 0 Å². The zero-order valence-electron chi connectivity index (χ0n) is 11.9. The Morgan fingerprint density at radius 2 is 2.05 bits per heavy atom. The Balaban J connectivity index is 1.68. The van der Waals surface area contributed by atoms with Gasteiger partial charge in [0.25, 0.3) is 0 Å². The highest BCUT2D eigenvalue weighted by Crippen LogP contribution is 2.15. The maximum Gasteiger partial charge on any atom is 0.339 e. The molecule has 1 aromatic heterocycles. The number of aromatic nitrogens is 1. The molecule has 0 amide bonds. The molecule has 0 saturated heterocycles. The van der Waals surface area contributed by atoms with Crippen molar-refractivity contribution in [2.45, 2.75) is 11.4 Å². The number of thioether (sulfide) groups is 1. The summed E-state index contributed by atoms with van der Waals surface area (Å²) in [5, 5.41) is 3.34. The fourth-order valence-corrected chi connectivity index (χ4v) is 2.57. The third kappa shape index (κ3) is 5.21. The Bertz CT molecular complexity index is 558. The molecule has 0 spiro atoms. The van der Waals surface area contributed by atoms with Crippen LogP contribution in [0.3, 0.4) is 0 Å². The fourth-order valence-electron chi connectivity index (χ4n) is 1.74. The van der Waals surface area contributed by atoms with Crippen LogP contribution in [0, 0.1) is 0 Å². The number of pyridine rings is 1. The molecule has 1 N–H and O–H groups in total. The van der Waals surface area contributed by atoms with Gasteiger partial charge in [0, 0.05) is 29.9 Å². The van der Waals surface area contributed by atoms with Gasteiger partial charge in [-0.15, -0.1) is 11.8 Å². The van der Waals surface area contributed by atoms with Crippen molar-refractivity contribution in [1.82, 2.24) is 10.3 Å². The standard InChI is InChI=1S/C16H18N2O2S/c1-20-16(19)13-7-8-14(18-11-13)12-17-9-10-21-15-5-3-2-4-6-15/h2-8,11,17H,9-10,12H2,1H3. The van der Waals surface area contributed by atoms with Gasteiger partial charge in [0.2, 0.25) is 0 Å². The third-order valence-corrected chi connectivity index (χ3v) is 3.86. The molecule has 2 aromatic rings. The lowest BCUT2D eigenvalue weighted by atomic mass is 10.2. The van der Waals surface area contributed by atoms with E-state index in [1.807, 2.05) is 36.0 Å². The summed E-state index contributed by atoms with van der Waals surface area (Å²) < 4.78 is 4.63. The number of rotatable bonds is 7. The molecule has 5 heteroatoms. The second-order valence-corrected chi connectivity index (χ2v) is 5.54. The van der Waals surface area contributed by atoms with E-state index in [1.54, 1.807) is 12.3 Å². The van der Waals surface area contributed by atoms with E-state index in [2.05, 4.69) is 27.2 Å². The topological polar surface area (TPSA) is 51.2 Å². The lowest BCUT2D eigenvalue weighted by Gasteiger charge is -2.05. The quantitative estimate of drug-likeness (QED) is 0.484. The Morgan fingerprint density at radius 3 is 2.71 bits per heavy atom. The van der Waals surface area contributed by atoms with Crippen molar-refractivity contribution in [2.24, 2.45) is 0 Å². The SMILES string of the molecule is COC(=O)c1ccc(CNCCSc2ccccc2)nc1. The van der Waals surface area contributed by atoms with E-state index in [0.717, 1.165) is 18.0 Å². The van der Waals surface area contributed by atoms with Crippen molar-refractivity contribution < 1.29 is 9.53 Å². The van der Waals surface area contributed by atoms with Crippen LogP contribution in [-0.2, 0) is 11.3 Å². The Hall–Kier alpha value is -1.85. The first-order chi connectivity index (χ1) is 10.3. The van der Waals surface area contributed by atoms with Crippen molar-refractivity contribution in [1.29, 1.82) is 0 Å². The highest BCUT2D eigenvalue weighted by atomic mass is 32.2. The summed E-state index contributed by atoms with van der Waals surface area (Å²) in [6.45, 7) is 1.59. The molecule has 2 rings (SSSR count). The third-order valence-electron chi connectivity index (χ3n) is 2.84. The summed E-state index contributed by atoms with van der Waals surface area (Å²) >= 11 is 1.82. The summed E-state index contributed by atoms with van der Waals surface area (Å²) in [5.74, 6) is 0.644. The van der Waals surface area contributed by atoms with Gasteiger partial charge in [-0.1, -0.05) is 18.2 Å². The van der Waals surface area contributed by atoms with Crippen LogP contribution in [0.5, 0.6) is 0 Å². The van der Waals surface area contributed by atoms with Crippen molar-refractivity contribution in [3.8, 4) is 0 Å². The van der Waals surface area contributed by atoms with Gasteiger partial charge < -0.3 is 10.1 Å². The van der Waals surface area contributed by atoms with Crippen LogP contribution in [0.2, 0.25) is 0 Å². The Morgan fingerprint density at radius 1 is 1.24 bits per heavy atom. The molecule has 0 aliphatic heterocycles. The van der Waals surface area contributed by atoms with E-state index >= 15 is 0 Å². The normalized spacial score (nSPS) is 10.3. The van der Waals surface area contributed by atoms with Gasteiger partial charge in [0.05, 0.1) is 18.4 Å². The van der Waals surface area contributed by atoms with Crippen LogP contribution in [0.25, 0.3) is 0 Å². The van der Waals surface area contributed by atoms with E-state index in [9.17, 15) is 4.79 Å². The summed E-state index contributed by atoms with van der Waals surface area (Å²) in [4.78, 5) is 16.8. The van der Waals surface area contributed by atoms with Crippen LogP contribution in [0.1, 0.15) is 16.1 Å². The molecule has 21 heavy (non-hydrogen) atoms. The summed E-state index contributed by atoms with van der Waals surface area (Å²) in [5.41, 5.74) is 1.38. The Kier molecular flexibility index (Phi) is 6.24. The highest BCUT2D eigenvalue weighted by molar-refractivity contribution is 7.99. The molecule has 1 heterocycles. The average molecular weight is 302 g/mol. The predicted molar refractivity (Wildman–Crippen MR) is 84.4 cm³/mol. The van der Waals surface area contributed by atoms with Crippen LogP contribution in [0.15, 0.2) is 53.6 Å². The van der Waals surface area contributed by atoms with E-state index in [0.29, 0.717) is 12.1 Å². The maximum absolute atomic E-state index is 11.3. The molecule has 110 valence electrons. The molecule has 0 radical (unpaired) electrons. The number of carbonyl (C=O) groups is 1. The minimum atomic E-state index is -0.360. The number of nitrogens with one attached hydrogen (secondary N) is 1. The number of methoxy groups -OCH3 is 1. The van der Waals surface area contributed by atoms with E-state index in [1.165, 1.54) is 12.0 Å². The number of nitrogens with zero attached hydrogens (tertiary/aromatic N) is 1. The van der Waals surface area contributed by atoms with Gasteiger partial charge in [-0.25, -0.2) is 4.79 Å². The molecule has 4 nitrogen and oxygen atoms in total. The number of esters is 1. The number of hydrogen-bond donors (Lipinski definition) is 1. The second kappa shape index (κ2) is 8.44. The molecule has 0 fully saturated rings. The lowest BCUT2D eigenvalue weighted by molar-refractivity contribution is 0.0600. The van der Waals surface area contributed by atoms with Crippen molar-refractivity contribution in [2.75, 3.05) is 19.4 Å². The first-order valence-corrected chi connectivity index (χ1v) is 7.70. The summed E-state index contributed by atoms with van der Waals surface area (Å²) in [6, 6.07) is 13.9. The number of carbonyl (C=O) groups excluding carboxylic acids is 1. The molecular formula is C16H18N2O2S. The first-order valence-electron chi connectivity index (χ1n) is 6.71. The smallest absolute Gasteiger partial charge is 0.339 e. The number of ether oxygens (including phenoxy) is 1. The van der Waals surface area contributed by atoms with Crippen molar-refractivity contribution in [3.05, 3.63) is 59.9 Å². The fraction of sp³-hybridized carbons (Fsp3) is 0.250. The molecule has 0 atom stereocenters. The molecule has 0 aliphatic carbocycles. The monoisotopic (exact) mass is 302 g/mol. The number of hydrogen-bond acceptors (Lipinski definition) is 5. The van der Waals surface area contributed by atoms with Gasteiger partial charge in [-0.2, -0.15) is 0 Å². The maximum atomic E-state index is 11.3. The second-order valence-electron chi connectivity index (χ2n) is 4.37. The van der Waals surface area contributed by atoms with Gasteiger partial charge in [0.1, 0.15) is 0 Å². The molecule has 0 aliphatic rings. The minimum absolute atomic E-state index is 0.360. The first kappa shape index (κ1) is 15.5. The summed E-state index contributed by atoms with van der Waals surface area (Å²) in [7, 11) is 1.36. The number of benzene rings is 1.